The first-order chi connectivity index (χ1) is 19.5. The number of hydrogen-bond acceptors (Lipinski definition) is 9. The molecule has 0 spiro atoms. The summed E-state index contributed by atoms with van der Waals surface area (Å²) < 4.78 is 58.3. The summed E-state index contributed by atoms with van der Waals surface area (Å²) in [6, 6.07) is 11.0. The molecule has 1 saturated carbocycles. The monoisotopic (exact) mass is 615 g/mol. The third kappa shape index (κ3) is 4.73. The van der Waals surface area contributed by atoms with E-state index in [4.69, 9.17) is 11.6 Å². The van der Waals surface area contributed by atoms with Crippen molar-refractivity contribution in [3.63, 3.8) is 0 Å². The van der Waals surface area contributed by atoms with Gasteiger partial charge in [-0.1, -0.05) is 29.3 Å². The van der Waals surface area contributed by atoms with E-state index in [1.54, 1.807) is 34.7 Å². The Labute approximate surface area is 239 Å². The number of nitro benzene ring substituents is 1. The number of aryl methyl sites for hydroxylation is 1. The third-order valence-corrected chi connectivity index (χ3v) is 10.7. The number of rotatable bonds is 7. The van der Waals surface area contributed by atoms with Gasteiger partial charge in [-0.05, 0) is 56.5 Å². The highest BCUT2D eigenvalue weighted by Gasteiger charge is 2.33. The third-order valence-electron chi connectivity index (χ3n) is 7.18. The number of nitrogens with zero attached hydrogens (tertiary/aromatic N) is 6. The summed E-state index contributed by atoms with van der Waals surface area (Å²) in [5.41, 5.74) is 1.56. The second-order valence-corrected chi connectivity index (χ2v) is 13.8. The lowest BCUT2D eigenvalue weighted by Crippen LogP contribution is -2.33. The number of nitro groups is 1. The van der Waals surface area contributed by atoms with E-state index >= 15 is 0 Å². The maximum absolute atomic E-state index is 13.4. The standard InChI is InChI=1S/C25H22ClN7O6S2/c1-15-2-6-18(7-3-15)41(38,39)31-11-10-21-25(31)27-14-23-28-29-24(32(21)23)16-4-5-17(12-16)30-40(36,37)19-8-9-20(26)22(13-19)33(34)35/h2-3,6-11,13-14,16-17,30H,4-5,12H2,1H3/t16-,17+/m1/s1. The quantitative estimate of drug-likeness (QED) is 0.211. The fraction of sp³-hybridized carbons (Fsp3) is 0.240. The van der Waals surface area contributed by atoms with Gasteiger partial charge in [0, 0.05) is 24.2 Å². The number of halogens is 1. The van der Waals surface area contributed by atoms with E-state index in [9.17, 15) is 26.9 Å². The van der Waals surface area contributed by atoms with Crippen molar-refractivity contribution in [1.29, 1.82) is 0 Å². The van der Waals surface area contributed by atoms with Crippen molar-refractivity contribution in [1.82, 2.24) is 28.3 Å². The summed E-state index contributed by atoms with van der Waals surface area (Å²) in [5, 5.41) is 19.6. The normalized spacial score (nSPS) is 17.9. The van der Waals surface area contributed by atoms with E-state index in [0.717, 1.165) is 15.6 Å². The average molecular weight is 616 g/mol. The smallest absolute Gasteiger partial charge is 0.274 e. The van der Waals surface area contributed by atoms with Crippen LogP contribution in [0.3, 0.4) is 0 Å². The topological polar surface area (TPSA) is 171 Å². The lowest BCUT2D eigenvalue weighted by Gasteiger charge is -2.14. The Morgan fingerprint density at radius 3 is 2.49 bits per heavy atom. The van der Waals surface area contributed by atoms with E-state index in [-0.39, 0.29) is 26.4 Å². The van der Waals surface area contributed by atoms with Crippen LogP contribution in [0.15, 0.2) is 70.7 Å². The lowest BCUT2D eigenvalue weighted by atomic mass is 10.1. The average Bonchev–Trinajstić information content (AvgIpc) is 3.66. The fourth-order valence-electron chi connectivity index (χ4n) is 5.14. The molecule has 1 aliphatic rings. The predicted octanol–water partition coefficient (Wildman–Crippen LogP) is 3.80. The van der Waals surface area contributed by atoms with E-state index in [1.807, 2.05) is 6.92 Å². The molecule has 0 saturated heterocycles. The van der Waals surface area contributed by atoms with Crippen LogP contribution in [0.4, 0.5) is 5.69 Å². The number of sulfonamides is 1. The zero-order valence-corrected chi connectivity index (χ0v) is 23.8. The molecule has 3 aromatic heterocycles. The van der Waals surface area contributed by atoms with Crippen LogP contribution in [0.2, 0.25) is 5.02 Å². The Morgan fingerprint density at radius 2 is 1.76 bits per heavy atom. The first-order valence-corrected chi connectivity index (χ1v) is 15.8. The van der Waals surface area contributed by atoms with E-state index < -0.39 is 36.7 Å². The summed E-state index contributed by atoms with van der Waals surface area (Å²) in [5.74, 6) is 0.363. The summed E-state index contributed by atoms with van der Waals surface area (Å²) in [7, 11) is -7.98. The Morgan fingerprint density at radius 1 is 1.02 bits per heavy atom. The number of hydrogen-bond donors (Lipinski definition) is 1. The van der Waals surface area contributed by atoms with Gasteiger partial charge in [-0.3, -0.25) is 14.5 Å². The molecule has 0 bridgehead atoms. The van der Waals surface area contributed by atoms with Crippen LogP contribution in [0.5, 0.6) is 0 Å². The Kier molecular flexibility index (Phi) is 6.56. The first-order valence-electron chi connectivity index (χ1n) is 12.5. The van der Waals surface area contributed by atoms with Crippen LogP contribution in [0.25, 0.3) is 16.8 Å². The van der Waals surface area contributed by atoms with Crippen LogP contribution in [0, 0.1) is 17.0 Å². The molecule has 5 aromatic rings. The highest BCUT2D eigenvalue weighted by atomic mass is 35.5. The molecule has 0 amide bonds. The van der Waals surface area contributed by atoms with Gasteiger partial charge < -0.3 is 0 Å². The van der Waals surface area contributed by atoms with Crippen molar-refractivity contribution in [2.24, 2.45) is 0 Å². The molecule has 1 aliphatic carbocycles. The molecule has 2 atom stereocenters. The van der Waals surface area contributed by atoms with Crippen molar-refractivity contribution in [3.05, 3.63) is 87.4 Å². The molecule has 6 rings (SSSR count). The van der Waals surface area contributed by atoms with Gasteiger partial charge in [0.2, 0.25) is 10.0 Å². The molecular weight excluding hydrogens is 594 g/mol. The summed E-state index contributed by atoms with van der Waals surface area (Å²) in [6.45, 7) is 1.87. The minimum atomic E-state index is -4.06. The molecule has 2 aromatic carbocycles. The summed E-state index contributed by atoms with van der Waals surface area (Å²) in [4.78, 5) is 14.7. The molecule has 1 N–H and O–H groups in total. The van der Waals surface area contributed by atoms with Gasteiger partial charge in [0.05, 0.1) is 26.4 Å². The highest BCUT2D eigenvalue weighted by Crippen LogP contribution is 2.36. The van der Waals surface area contributed by atoms with Gasteiger partial charge in [0.1, 0.15) is 10.8 Å². The second kappa shape index (κ2) is 9.87. The number of aromatic nitrogens is 5. The molecule has 0 radical (unpaired) electrons. The molecule has 0 unspecified atom stereocenters. The SMILES string of the molecule is Cc1ccc(S(=O)(=O)n2ccc3c2ncc2nnc([C@@H]4CC[C@H](NS(=O)(=O)c5ccc(Cl)c([N+](=O)[O-])c5)C4)n23)cc1. The number of benzene rings is 2. The van der Waals surface area contributed by atoms with Gasteiger partial charge in [0.25, 0.3) is 15.7 Å². The molecule has 41 heavy (non-hydrogen) atoms. The van der Waals surface area contributed by atoms with Crippen LogP contribution in [-0.2, 0) is 20.0 Å². The Balaban J connectivity index is 1.30. The fourth-order valence-corrected chi connectivity index (χ4v) is 7.93. The molecule has 212 valence electrons. The van der Waals surface area contributed by atoms with Gasteiger partial charge in [-0.15, -0.1) is 10.2 Å². The van der Waals surface area contributed by atoms with Crippen LogP contribution in [0.1, 0.15) is 36.6 Å². The minimum Gasteiger partial charge on any atom is -0.274 e. The van der Waals surface area contributed by atoms with Crippen molar-refractivity contribution in [2.75, 3.05) is 0 Å². The van der Waals surface area contributed by atoms with Crippen LogP contribution < -0.4 is 4.72 Å². The Hall–Kier alpha value is -3.92. The maximum atomic E-state index is 13.4. The molecule has 3 heterocycles. The van der Waals surface area contributed by atoms with E-state index in [1.165, 1.54) is 24.5 Å². The van der Waals surface area contributed by atoms with Crippen LogP contribution >= 0.6 is 11.6 Å². The van der Waals surface area contributed by atoms with E-state index in [2.05, 4.69) is 19.9 Å². The molecule has 1 fully saturated rings. The van der Waals surface area contributed by atoms with Crippen LogP contribution in [-0.4, -0.2) is 51.4 Å². The first kappa shape index (κ1) is 27.3. The minimum absolute atomic E-state index is 0.128. The van der Waals surface area contributed by atoms with E-state index in [0.29, 0.717) is 36.3 Å². The summed E-state index contributed by atoms with van der Waals surface area (Å²) >= 11 is 5.83. The molecule has 0 aliphatic heterocycles. The number of nitrogens with one attached hydrogen (secondary N) is 1. The van der Waals surface area contributed by atoms with Gasteiger partial charge in [-0.25, -0.2) is 30.5 Å². The highest BCUT2D eigenvalue weighted by molar-refractivity contribution is 7.90. The van der Waals surface area contributed by atoms with Crippen molar-refractivity contribution < 1.29 is 21.8 Å². The molecule has 13 nitrogen and oxygen atoms in total. The zero-order chi connectivity index (χ0) is 29.1. The molecule has 16 heteroatoms. The molecular formula is C25H22ClN7O6S2. The van der Waals surface area contributed by atoms with Crippen molar-refractivity contribution >= 4 is 54.1 Å². The Bertz CT molecular complexity index is 2060. The largest absolute Gasteiger partial charge is 0.289 e. The van der Waals surface area contributed by atoms with Gasteiger partial charge in [0.15, 0.2) is 11.3 Å². The maximum Gasteiger partial charge on any atom is 0.289 e. The number of fused-ring (bicyclic) bond motifs is 3. The second-order valence-electron chi connectivity index (χ2n) is 9.85. The predicted molar refractivity (Wildman–Crippen MR) is 149 cm³/mol. The van der Waals surface area contributed by atoms with Gasteiger partial charge >= 0.3 is 0 Å². The summed E-state index contributed by atoms with van der Waals surface area (Å²) in [6.07, 6.45) is 4.35. The van der Waals surface area contributed by atoms with Crippen molar-refractivity contribution in [2.45, 2.75) is 47.9 Å². The van der Waals surface area contributed by atoms with Crippen molar-refractivity contribution in [3.8, 4) is 0 Å². The lowest BCUT2D eigenvalue weighted by molar-refractivity contribution is -0.384. The van der Waals surface area contributed by atoms with Gasteiger partial charge in [-0.2, -0.15) is 0 Å². The zero-order valence-electron chi connectivity index (χ0n) is 21.4.